The fourth-order valence-corrected chi connectivity index (χ4v) is 2.19. The summed E-state index contributed by atoms with van der Waals surface area (Å²) in [6.45, 7) is 2.00. The number of nitrogens with one attached hydrogen (secondary N) is 1. The van der Waals surface area contributed by atoms with E-state index in [-0.39, 0.29) is 6.79 Å². The van der Waals surface area contributed by atoms with E-state index in [2.05, 4.69) is 5.32 Å². The number of benzene rings is 1. The van der Waals surface area contributed by atoms with Crippen molar-refractivity contribution >= 4 is 18.0 Å². The Labute approximate surface area is 144 Å². The molecule has 0 saturated heterocycles. The second-order valence-electron chi connectivity index (χ2n) is 5.33. The highest BCUT2D eigenvalue weighted by atomic mass is 16.7. The normalized spacial score (nSPS) is 13.6. The van der Waals surface area contributed by atoms with Crippen molar-refractivity contribution in [3.8, 4) is 11.5 Å². The minimum absolute atomic E-state index is 0.198. The van der Waals surface area contributed by atoms with Crippen LogP contribution in [-0.4, -0.2) is 24.8 Å². The molecule has 1 N–H and O–H groups in total. The van der Waals surface area contributed by atoms with Crippen LogP contribution < -0.4 is 14.8 Å². The number of amides is 1. The Morgan fingerprint density at radius 2 is 2.12 bits per heavy atom. The minimum Gasteiger partial charge on any atom is -0.465 e. The summed E-state index contributed by atoms with van der Waals surface area (Å²) < 4.78 is 20.6. The molecule has 130 valence electrons. The van der Waals surface area contributed by atoms with E-state index in [1.54, 1.807) is 24.3 Å². The van der Waals surface area contributed by atoms with Gasteiger partial charge in [0.15, 0.2) is 17.6 Å². The first-order valence-electron chi connectivity index (χ1n) is 7.70. The Kier molecular flexibility index (Phi) is 5.03. The van der Waals surface area contributed by atoms with Crippen molar-refractivity contribution in [3.05, 3.63) is 54.0 Å². The van der Waals surface area contributed by atoms with Gasteiger partial charge in [0.05, 0.1) is 6.26 Å². The summed E-state index contributed by atoms with van der Waals surface area (Å²) in [5.41, 5.74) is 0.855. The van der Waals surface area contributed by atoms with Crippen LogP contribution in [0.5, 0.6) is 11.5 Å². The number of furan rings is 1. The van der Waals surface area contributed by atoms with Crippen LogP contribution in [0.3, 0.4) is 0 Å². The first-order valence-corrected chi connectivity index (χ1v) is 7.70. The van der Waals surface area contributed by atoms with Crippen LogP contribution in [-0.2, 0) is 20.9 Å². The molecule has 0 spiro atoms. The van der Waals surface area contributed by atoms with Gasteiger partial charge in [0.1, 0.15) is 5.76 Å². The highest BCUT2D eigenvalue weighted by Gasteiger charge is 2.17. The zero-order chi connectivity index (χ0) is 17.6. The van der Waals surface area contributed by atoms with E-state index < -0.39 is 18.0 Å². The number of ether oxygens (including phenoxy) is 3. The van der Waals surface area contributed by atoms with E-state index in [0.717, 1.165) is 5.56 Å². The Morgan fingerprint density at radius 1 is 1.28 bits per heavy atom. The van der Waals surface area contributed by atoms with Gasteiger partial charge in [0.2, 0.25) is 6.79 Å². The molecule has 3 rings (SSSR count). The Bertz CT molecular complexity index is 781. The highest BCUT2D eigenvalue weighted by molar-refractivity contribution is 5.90. The van der Waals surface area contributed by atoms with Crippen LogP contribution in [0.25, 0.3) is 6.08 Å². The predicted molar refractivity (Wildman–Crippen MR) is 87.7 cm³/mol. The van der Waals surface area contributed by atoms with Crippen molar-refractivity contribution < 1.29 is 28.2 Å². The van der Waals surface area contributed by atoms with Crippen LogP contribution in [0.1, 0.15) is 18.2 Å². The predicted octanol–water partition coefficient (Wildman–Crippen LogP) is 2.27. The molecule has 1 unspecified atom stereocenters. The molecular formula is C18H17NO6. The molecule has 0 fully saturated rings. The number of rotatable bonds is 6. The maximum atomic E-state index is 12.0. The van der Waals surface area contributed by atoms with Crippen molar-refractivity contribution in [1.29, 1.82) is 0 Å². The van der Waals surface area contributed by atoms with Crippen molar-refractivity contribution in [3.63, 3.8) is 0 Å². The summed E-state index contributed by atoms with van der Waals surface area (Å²) in [6.07, 6.45) is 3.26. The summed E-state index contributed by atoms with van der Waals surface area (Å²) in [7, 11) is 0. The summed E-state index contributed by atoms with van der Waals surface area (Å²) in [5.74, 6) is 0.839. The lowest BCUT2D eigenvalue weighted by Gasteiger charge is -2.12. The lowest BCUT2D eigenvalue weighted by molar-refractivity contribution is -0.150. The monoisotopic (exact) mass is 343 g/mol. The molecule has 2 heterocycles. The molecule has 0 radical (unpaired) electrons. The molecule has 7 heteroatoms. The fraction of sp³-hybridized carbons (Fsp3) is 0.222. The van der Waals surface area contributed by atoms with Gasteiger partial charge in [-0.25, -0.2) is 4.79 Å². The smallest absolute Gasteiger partial charge is 0.331 e. The maximum Gasteiger partial charge on any atom is 0.331 e. The average molecular weight is 343 g/mol. The summed E-state index contributed by atoms with van der Waals surface area (Å²) in [5, 5.41) is 2.71. The number of carbonyl (C=O) groups excluding carboxylic acids is 2. The van der Waals surface area contributed by atoms with Crippen molar-refractivity contribution in [1.82, 2.24) is 5.32 Å². The van der Waals surface area contributed by atoms with E-state index in [4.69, 9.17) is 18.6 Å². The molecule has 0 aliphatic carbocycles. The molecule has 7 nitrogen and oxygen atoms in total. The van der Waals surface area contributed by atoms with E-state index in [9.17, 15) is 9.59 Å². The van der Waals surface area contributed by atoms with Gasteiger partial charge in [-0.1, -0.05) is 6.07 Å². The molecule has 1 aliphatic heterocycles. The van der Waals surface area contributed by atoms with Crippen LogP contribution in [0.2, 0.25) is 0 Å². The average Bonchev–Trinajstić information content (AvgIpc) is 3.28. The Balaban J connectivity index is 1.46. The second-order valence-corrected chi connectivity index (χ2v) is 5.33. The summed E-state index contributed by atoms with van der Waals surface area (Å²) in [4.78, 5) is 23.7. The second kappa shape index (κ2) is 7.57. The number of hydrogen-bond donors (Lipinski definition) is 1. The minimum atomic E-state index is -0.914. The van der Waals surface area contributed by atoms with Gasteiger partial charge < -0.3 is 23.9 Å². The van der Waals surface area contributed by atoms with Crippen LogP contribution in [0.4, 0.5) is 0 Å². The van der Waals surface area contributed by atoms with Crippen molar-refractivity contribution in [2.45, 2.75) is 19.6 Å². The maximum absolute atomic E-state index is 12.0. The van der Waals surface area contributed by atoms with Crippen LogP contribution >= 0.6 is 0 Å². The van der Waals surface area contributed by atoms with Gasteiger partial charge in [-0.15, -0.1) is 0 Å². The molecule has 1 aromatic heterocycles. The third-order valence-corrected chi connectivity index (χ3v) is 3.49. The molecule has 0 bridgehead atoms. The standard InChI is InChI=1S/C18H17NO6/c1-12(25-17(20)7-5-14-3-2-8-22-14)18(21)19-10-13-4-6-15-16(9-13)24-11-23-15/h2-9,12H,10-11H2,1H3,(H,19,21). The number of esters is 1. The highest BCUT2D eigenvalue weighted by Crippen LogP contribution is 2.32. The van der Waals surface area contributed by atoms with E-state index in [1.807, 2.05) is 6.07 Å². The molecule has 1 amide bonds. The first-order chi connectivity index (χ1) is 12.1. The molecular weight excluding hydrogens is 326 g/mol. The van der Waals surface area contributed by atoms with Gasteiger partial charge in [-0.2, -0.15) is 0 Å². The number of hydrogen-bond acceptors (Lipinski definition) is 6. The van der Waals surface area contributed by atoms with E-state index in [1.165, 1.54) is 25.3 Å². The van der Waals surface area contributed by atoms with Crippen molar-refractivity contribution in [2.24, 2.45) is 0 Å². The topological polar surface area (TPSA) is 87.0 Å². The summed E-state index contributed by atoms with van der Waals surface area (Å²) >= 11 is 0. The van der Waals surface area contributed by atoms with Gasteiger partial charge >= 0.3 is 5.97 Å². The lowest BCUT2D eigenvalue weighted by atomic mass is 10.2. The van der Waals surface area contributed by atoms with Gasteiger partial charge in [-0.3, -0.25) is 4.79 Å². The van der Waals surface area contributed by atoms with Crippen molar-refractivity contribution in [2.75, 3.05) is 6.79 Å². The molecule has 1 atom stereocenters. The third kappa shape index (κ3) is 4.41. The summed E-state index contributed by atoms with van der Waals surface area (Å²) in [6, 6.07) is 8.82. The van der Waals surface area contributed by atoms with Gasteiger partial charge in [0.25, 0.3) is 5.91 Å². The molecule has 2 aromatic rings. The van der Waals surface area contributed by atoms with E-state index in [0.29, 0.717) is 23.8 Å². The quantitative estimate of drug-likeness (QED) is 0.639. The molecule has 0 saturated carbocycles. The van der Waals surface area contributed by atoms with E-state index >= 15 is 0 Å². The zero-order valence-electron chi connectivity index (χ0n) is 13.6. The zero-order valence-corrected chi connectivity index (χ0v) is 13.6. The molecule has 25 heavy (non-hydrogen) atoms. The third-order valence-electron chi connectivity index (χ3n) is 3.49. The Hall–Kier alpha value is -3.22. The fourth-order valence-electron chi connectivity index (χ4n) is 2.19. The lowest BCUT2D eigenvalue weighted by Crippen LogP contribution is -2.35. The SMILES string of the molecule is CC(OC(=O)C=Cc1ccco1)C(=O)NCc1ccc2c(c1)OCO2. The first kappa shape index (κ1) is 16.6. The number of carbonyl (C=O) groups is 2. The largest absolute Gasteiger partial charge is 0.465 e. The van der Waals surface area contributed by atoms with Crippen LogP contribution in [0, 0.1) is 0 Å². The molecule has 1 aliphatic rings. The molecule has 1 aromatic carbocycles. The number of fused-ring (bicyclic) bond motifs is 1. The van der Waals surface area contributed by atoms with Gasteiger partial charge in [-0.05, 0) is 42.8 Å². The van der Waals surface area contributed by atoms with Crippen LogP contribution in [0.15, 0.2) is 47.1 Å². The Morgan fingerprint density at radius 3 is 2.92 bits per heavy atom. The van der Waals surface area contributed by atoms with Gasteiger partial charge in [0, 0.05) is 12.6 Å².